The number of halogens is 2. The summed E-state index contributed by atoms with van der Waals surface area (Å²) in [5.74, 6) is 0.00677. The standard InChI is InChI=1S/C36H47ClN6O5S.C31H38N6O3S.C24H35N5O4S.C12H14ClNO2/c1-34(2,3)48-33(45)43-22-23(21-36(43,6)7)16-17-27(26-13-8-9-19-38-26)39-28-14-10-15-29(40-28)49(46,47)42-32(44)25-20-24-12-11-18-35(4,5)30(24)41-31(25)37;1-30(2)15-8-9-21-17-22-28(35-27(21)30)37-19-20(18-31(37,3)4)13-14-24(23-10-5-6-16-32-23)33-25-11-7-12-26(34-25)41(39,40)36-29(22)38;1-23(2,3)33-22(30)29-16-17(15-24(29,4)5)12-13-19(18-9-6-7-14-26-18)27-20-10-8-11-21(28-20)34(25,31)32;1-12(2)5-3-4-7-6-8(11(15)16)10(13)14-9(7)12/h8-10,13-15,19-20,23,27H,11-12,16-18,21-22H2,1-7H3,(H,39,40)(H,42,44);5-7,10-12,16-17,20,24H,8-9,13-15,18-19H2,1-4H3,(H,33,34)(H,36,38);6-11,14,17,19H,12-13,15-16H2,1-5H3,(H,27,28)(H2,25,31,32);6H,3-5H2,1-2H3,(H,15,16)/t23-,27?;20-,24?;17-,19?;/m000./s1. The van der Waals surface area contributed by atoms with E-state index < -0.39 is 59.1 Å². The predicted molar refractivity (Wildman–Crippen MR) is 540 cm³/mol. The number of nitrogens with two attached hydrogens (primary N) is 1. The highest BCUT2D eigenvalue weighted by Gasteiger charge is 2.48. The van der Waals surface area contributed by atoms with Gasteiger partial charge in [0.25, 0.3) is 41.9 Å². The van der Waals surface area contributed by atoms with E-state index in [0.717, 1.165) is 167 Å². The molecule has 4 aliphatic heterocycles. The lowest BCUT2D eigenvalue weighted by molar-refractivity contribution is 0.0118. The summed E-state index contributed by atoms with van der Waals surface area (Å²) in [6.07, 6.45) is 20.4. The number of nitrogens with one attached hydrogen (secondary N) is 5. The van der Waals surface area contributed by atoms with Crippen LogP contribution in [-0.4, -0.2) is 162 Å². The van der Waals surface area contributed by atoms with Gasteiger partial charge >= 0.3 is 18.2 Å². The highest BCUT2D eigenvalue weighted by molar-refractivity contribution is 7.90. The van der Waals surface area contributed by atoms with Gasteiger partial charge in [-0.25, -0.2) is 67.3 Å². The summed E-state index contributed by atoms with van der Waals surface area (Å²) in [5.41, 5.74) is 6.24. The fourth-order valence-electron chi connectivity index (χ4n) is 20.3. The second kappa shape index (κ2) is 42.2. The van der Waals surface area contributed by atoms with Crippen LogP contribution in [0.3, 0.4) is 0 Å². The zero-order valence-electron chi connectivity index (χ0n) is 83.3. The molecule has 752 valence electrons. The molecule has 140 heavy (non-hydrogen) atoms. The second-order valence-electron chi connectivity index (χ2n) is 43.6. The summed E-state index contributed by atoms with van der Waals surface area (Å²) in [5, 5.41) is 23.6. The maximum atomic E-state index is 13.8. The van der Waals surface area contributed by atoms with Crippen LogP contribution in [0.15, 0.2) is 161 Å². The molecule has 3 saturated heterocycles. The Bertz CT molecular complexity index is 6410. The topological polar surface area (TPSA) is 438 Å². The van der Waals surface area contributed by atoms with Crippen LogP contribution in [-0.2, 0) is 75.1 Å². The number of sulfonamides is 3. The van der Waals surface area contributed by atoms with Crippen LogP contribution in [0.5, 0.6) is 0 Å². The van der Waals surface area contributed by atoms with Crippen molar-refractivity contribution in [2.24, 2.45) is 22.9 Å². The largest absolute Gasteiger partial charge is 0.478 e. The average Bonchev–Trinajstić information content (AvgIpc) is 1.52. The van der Waals surface area contributed by atoms with Gasteiger partial charge in [-0.05, 0) is 324 Å². The summed E-state index contributed by atoms with van der Waals surface area (Å²) in [4.78, 5) is 110. The number of primary sulfonamides is 1. The minimum Gasteiger partial charge on any atom is -0.478 e. The molecule has 3 unspecified atom stereocenters. The molecule has 16 rings (SSSR count). The maximum absolute atomic E-state index is 13.8. The minimum absolute atomic E-state index is 0.00570. The quantitative estimate of drug-likeness (QED) is 0.0392. The molecule has 9 aromatic rings. The zero-order valence-corrected chi connectivity index (χ0v) is 87.3. The van der Waals surface area contributed by atoms with E-state index in [1.807, 2.05) is 112 Å². The highest BCUT2D eigenvalue weighted by atomic mass is 35.5. The highest BCUT2D eigenvalue weighted by Crippen LogP contribution is 2.47. The lowest BCUT2D eigenvalue weighted by Crippen LogP contribution is -2.45. The van der Waals surface area contributed by atoms with Crippen LogP contribution < -0.4 is 35.4 Å². The zero-order chi connectivity index (χ0) is 102. The Kier molecular flexibility index (Phi) is 32.0. The second-order valence-corrected chi connectivity index (χ2v) is 49.1. The number of carboxylic acids is 1. The molecule has 6 atom stereocenters. The third-order valence-electron chi connectivity index (χ3n) is 27.1. The Morgan fingerprint density at radius 2 is 1.01 bits per heavy atom. The number of hydrogen-bond donors (Lipinski definition) is 7. The Morgan fingerprint density at radius 3 is 1.49 bits per heavy atom. The van der Waals surface area contributed by atoms with Gasteiger partial charge in [-0.1, -0.05) is 101 Å². The Balaban J connectivity index is 0.000000165. The number of fused-ring (bicyclic) bond motifs is 9. The number of likely N-dealkylation sites (tertiary alicyclic amines) is 2. The molecule has 8 N–H and O–H groups in total. The molecule has 0 radical (unpaired) electrons. The third-order valence-corrected chi connectivity index (χ3v) is 30.9. The predicted octanol–water partition coefficient (Wildman–Crippen LogP) is 19.5. The fraction of sp³-hybridized carbons (Fsp3) is 0.515. The van der Waals surface area contributed by atoms with Crippen LogP contribution in [0, 0.1) is 17.8 Å². The number of ether oxygens (including phenoxy) is 2. The molecule has 32 nitrogen and oxygen atoms in total. The van der Waals surface area contributed by atoms with Crippen molar-refractivity contribution in [1.82, 2.24) is 64.1 Å². The SMILES string of the molecule is CC(C)(C)OC(=O)N1C[C@@H](CCC(Nc2cccc(S(=O)(=O)NC(=O)c3cc4c(nc3Cl)C(C)(C)CCC4)n2)c2ccccn2)CC1(C)C.CC(C)(C)OC(=O)N1C[C@@H](CCC(Nc2cccc(S(N)(=O)=O)n2)c2ccccn2)CC1(C)C.CC1(C)CCCc2cc(C(=O)O)c(Cl)nc21.CC1(C)CCCc2cc3c(nc21)N1C[C@@H](CCC(c2ccccn2)Nc2cccc(n2)S(=O)(=O)NC3=O)CC1(C)C. The van der Waals surface area contributed by atoms with Gasteiger partial charge in [-0.2, -0.15) is 16.8 Å². The first kappa shape index (κ1) is 106. The monoisotopic (exact) mass is 2010 g/mol. The Hall–Kier alpha value is -11.1. The number of carboxylic acid groups (broad SMARTS) is 1. The van der Waals surface area contributed by atoms with Crippen molar-refractivity contribution in [3.05, 3.63) is 224 Å². The van der Waals surface area contributed by atoms with Crippen LogP contribution >= 0.6 is 23.2 Å². The van der Waals surface area contributed by atoms with Crippen molar-refractivity contribution >= 4 is 107 Å². The Morgan fingerprint density at radius 1 is 0.550 bits per heavy atom. The van der Waals surface area contributed by atoms with Gasteiger partial charge in [0.2, 0.25) is 0 Å². The molecule has 13 heterocycles. The summed E-state index contributed by atoms with van der Waals surface area (Å²) in [6.45, 7) is 38.5. The van der Waals surface area contributed by atoms with E-state index in [2.05, 4.69) is 153 Å². The number of carbonyl (C=O) groups excluding carboxylic acids is 4. The number of rotatable bonds is 18. The Labute approximate surface area is 833 Å². The molecular weight excluding hydrogens is 1880 g/mol. The number of aromatic nitrogens is 9. The van der Waals surface area contributed by atoms with E-state index in [1.54, 1.807) is 67.1 Å². The van der Waals surface area contributed by atoms with E-state index in [-0.39, 0.29) is 106 Å². The third kappa shape index (κ3) is 26.4. The number of anilines is 4. The summed E-state index contributed by atoms with van der Waals surface area (Å²) in [6, 6.07) is 35.7. The van der Waals surface area contributed by atoms with Crippen LogP contribution in [0.1, 0.15) is 321 Å². The van der Waals surface area contributed by atoms with Crippen LogP contribution in [0.2, 0.25) is 10.3 Å². The maximum Gasteiger partial charge on any atom is 0.410 e. The van der Waals surface area contributed by atoms with Gasteiger partial charge in [-0.3, -0.25) is 24.5 Å². The lowest BCUT2D eigenvalue weighted by atomic mass is 9.75. The molecule has 3 fully saturated rings. The summed E-state index contributed by atoms with van der Waals surface area (Å²) < 4.78 is 93.0. The smallest absolute Gasteiger partial charge is 0.410 e. The van der Waals surface area contributed by atoms with Gasteiger partial charge in [0.15, 0.2) is 15.1 Å². The van der Waals surface area contributed by atoms with Gasteiger partial charge in [0.05, 0.1) is 69.0 Å². The number of aromatic carboxylic acids is 1. The van der Waals surface area contributed by atoms with Crippen LogP contribution in [0.25, 0.3) is 0 Å². The van der Waals surface area contributed by atoms with Crippen molar-refractivity contribution in [3.8, 4) is 0 Å². The van der Waals surface area contributed by atoms with E-state index >= 15 is 0 Å². The number of hydrogen-bond acceptors (Lipinski definition) is 26. The number of pyridine rings is 9. The molecule has 3 aliphatic carbocycles. The molecular formula is C103H134Cl2N18O14S3. The van der Waals surface area contributed by atoms with Crippen molar-refractivity contribution < 1.29 is 63.8 Å². The average molecular weight is 2020 g/mol. The molecule has 37 heteroatoms. The summed E-state index contributed by atoms with van der Waals surface area (Å²) >= 11 is 12.3. The van der Waals surface area contributed by atoms with Gasteiger partial charge in [0.1, 0.15) is 44.8 Å². The molecule has 9 aromatic heterocycles. The minimum atomic E-state index is -4.36. The van der Waals surface area contributed by atoms with Gasteiger partial charge in [0, 0.05) is 71.1 Å². The van der Waals surface area contributed by atoms with Gasteiger partial charge in [-0.15, -0.1) is 0 Å². The van der Waals surface area contributed by atoms with E-state index in [4.69, 9.17) is 47.9 Å². The van der Waals surface area contributed by atoms with Crippen molar-refractivity contribution in [1.29, 1.82) is 0 Å². The summed E-state index contributed by atoms with van der Waals surface area (Å²) in [7, 11) is -12.5. The number of amides is 4. The van der Waals surface area contributed by atoms with E-state index in [1.165, 1.54) is 18.2 Å². The molecule has 4 bridgehead atoms. The lowest BCUT2D eigenvalue weighted by Gasteiger charge is -2.37. The van der Waals surface area contributed by atoms with E-state index in [9.17, 15) is 49.2 Å². The molecule has 4 amide bonds. The first-order chi connectivity index (χ1) is 65.4. The van der Waals surface area contributed by atoms with Crippen molar-refractivity contribution in [3.63, 3.8) is 0 Å². The molecule has 0 spiro atoms. The first-order valence-corrected chi connectivity index (χ1v) is 53.3. The van der Waals surface area contributed by atoms with E-state index in [0.29, 0.717) is 60.2 Å². The number of aryl methyl sites for hydroxylation is 3. The van der Waals surface area contributed by atoms with Crippen LogP contribution in [0.4, 0.5) is 32.9 Å². The van der Waals surface area contributed by atoms with Crippen molar-refractivity contribution in [2.45, 2.75) is 317 Å². The van der Waals surface area contributed by atoms with Crippen molar-refractivity contribution in [2.75, 3.05) is 40.5 Å². The molecule has 0 aromatic carbocycles. The molecule has 7 aliphatic rings. The number of carbonyl (C=O) groups is 5. The fourth-order valence-corrected chi connectivity index (χ4v) is 23.1. The molecule has 0 saturated carbocycles. The number of nitrogens with zero attached hydrogens (tertiary/aromatic N) is 12. The normalized spacial score (nSPS) is 20.6. The first-order valence-electron chi connectivity index (χ1n) is 48.0. The van der Waals surface area contributed by atoms with Gasteiger partial charge < -0.3 is 45.2 Å².